The van der Waals surface area contributed by atoms with Crippen molar-refractivity contribution < 1.29 is 42.0 Å². The highest BCUT2D eigenvalue weighted by Gasteiger charge is 2.85. The molecule has 1 aliphatic heterocycles. The molecule has 5 fully saturated rings. The van der Waals surface area contributed by atoms with Gasteiger partial charge in [0.15, 0.2) is 18.1 Å². The van der Waals surface area contributed by atoms with Crippen molar-refractivity contribution in [2.24, 2.45) is 39.1 Å². The zero-order valence-corrected chi connectivity index (χ0v) is 24.9. The van der Waals surface area contributed by atoms with E-state index < -0.39 is 81.4 Å². The van der Waals surface area contributed by atoms with Crippen molar-refractivity contribution in [1.82, 2.24) is 4.33 Å². The molecule has 0 saturated heterocycles. The fourth-order valence-electron chi connectivity index (χ4n) is 8.79. The van der Waals surface area contributed by atoms with E-state index in [-0.39, 0.29) is 30.0 Å². The number of hydrogen-bond acceptors (Lipinski definition) is 9. The summed E-state index contributed by atoms with van der Waals surface area (Å²) in [6.45, 7) is 9.19. The minimum atomic E-state index is -3.83. The average Bonchev–Trinajstić information content (AvgIpc) is 3.22. The number of halogens is 1. The summed E-state index contributed by atoms with van der Waals surface area (Å²) < 4.78 is 52.2. The van der Waals surface area contributed by atoms with Gasteiger partial charge in [0.2, 0.25) is 10.0 Å². The van der Waals surface area contributed by atoms with E-state index in [1.807, 2.05) is 20.8 Å². The number of hydrogen-bond donors (Lipinski definition) is 2. The maximum absolute atomic E-state index is 16.0. The number of Topliss-reactive ketones (excluding diaryl/α,β-unsaturated/α-hetero) is 1. The first-order valence-corrected chi connectivity index (χ1v) is 16.1. The van der Waals surface area contributed by atoms with Crippen LogP contribution < -0.4 is 10.2 Å². The summed E-state index contributed by atoms with van der Waals surface area (Å²) in [6.07, 6.45) is 3.27. The van der Waals surface area contributed by atoms with E-state index >= 15 is 4.39 Å². The molecule has 7 rings (SSSR count). The SMILES string of the molecule is C=C[C@]1(C)CC(OC(=O)COc2ccc3c(c2)B(O)N(S(C)(=O)=O)N=C3)[C@]2(C)[C@H](C)C[C@H]3[C@@]4(C[C@@H]1O)C[C@@]3(F)C(=O)[C@H]42. The smallest absolute Gasteiger partial charge is 0.482 e. The second-order valence-corrected chi connectivity index (χ2v) is 15.3. The third-order valence-electron chi connectivity index (χ3n) is 11.3. The maximum Gasteiger partial charge on any atom is 0.484 e. The Morgan fingerprint density at radius 1 is 1.33 bits per heavy atom. The number of aliphatic hydroxyl groups excluding tert-OH is 1. The second-order valence-electron chi connectivity index (χ2n) is 13.5. The van der Waals surface area contributed by atoms with E-state index in [1.54, 1.807) is 18.2 Å². The van der Waals surface area contributed by atoms with Crippen LogP contribution in [0.15, 0.2) is 36.0 Å². The first kappa shape index (κ1) is 29.3. The Balaban J connectivity index is 1.25. The van der Waals surface area contributed by atoms with Gasteiger partial charge < -0.3 is 19.6 Å². The predicted molar refractivity (Wildman–Crippen MR) is 152 cm³/mol. The molecule has 0 radical (unpaired) electrons. The summed E-state index contributed by atoms with van der Waals surface area (Å²) in [6, 6.07) is 4.57. The summed E-state index contributed by atoms with van der Waals surface area (Å²) in [4.78, 5) is 26.9. The van der Waals surface area contributed by atoms with Crippen LogP contribution in [0.25, 0.3) is 0 Å². The highest BCUT2D eigenvalue weighted by molar-refractivity contribution is 7.89. The van der Waals surface area contributed by atoms with Crippen molar-refractivity contribution in [3.8, 4) is 5.75 Å². The van der Waals surface area contributed by atoms with Gasteiger partial charge in [-0.2, -0.15) is 5.10 Å². The van der Waals surface area contributed by atoms with E-state index in [2.05, 4.69) is 11.7 Å². The van der Waals surface area contributed by atoms with Crippen LogP contribution in [-0.2, 0) is 24.3 Å². The van der Waals surface area contributed by atoms with Crippen LogP contribution in [0.5, 0.6) is 5.75 Å². The van der Waals surface area contributed by atoms with Gasteiger partial charge in [0.1, 0.15) is 11.9 Å². The Bertz CT molecular complexity index is 1520. The molecular weight excluding hydrogens is 566 g/mol. The molecule has 0 amide bonds. The molecule has 1 aromatic carbocycles. The van der Waals surface area contributed by atoms with Crippen molar-refractivity contribution in [3.63, 3.8) is 0 Å². The van der Waals surface area contributed by atoms with Crippen molar-refractivity contribution in [3.05, 3.63) is 36.4 Å². The lowest BCUT2D eigenvalue weighted by Gasteiger charge is -2.64. The zero-order chi connectivity index (χ0) is 30.6. The quantitative estimate of drug-likeness (QED) is 0.284. The molecular formula is C29H36BFN2O8S. The Morgan fingerprint density at radius 2 is 2.05 bits per heavy atom. The molecule has 1 spiro atoms. The van der Waals surface area contributed by atoms with Crippen molar-refractivity contribution in [1.29, 1.82) is 0 Å². The molecule has 226 valence electrons. The summed E-state index contributed by atoms with van der Waals surface area (Å²) in [5, 5.41) is 25.7. The van der Waals surface area contributed by atoms with Gasteiger partial charge in [0, 0.05) is 22.7 Å². The van der Waals surface area contributed by atoms with E-state index in [4.69, 9.17) is 9.47 Å². The molecule has 5 aliphatic carbocycles. The number of fused-ring (bicyclic) bond motifs is 1. The third kappa shape index (κ3) is 3.81. The van der Waals surface area contributed by atoms with Gasteiger partial charge in [0.05, 0.1) is 18.6 Å². The number of nitrogens with zero attached hydrogens (tertiary/aromatic N) is 2. The Hall–Kier alpha value is -2.77. The number of hydrazone groups is 1. The number of ketones is 1. The molecule has 5 bridgehead atoms. The molecule has 13 heteroatoms. The molecule has 1 aromatic rings. The Kier molecular flexibility index (Phi) is 6.37. The number of esters is 1. The molecule has 10 nitrogen and oxygen atoms in total. The van der Waals surface area contributed by atoms with Crippen LogP contribution >= 0.6 is 0 Å². The largest absolute Gasteiger partial charge is 0.484 e. The molecule has 0 aromatic heterocycles. The lowest BCUT2D eigenvalue weighted by atomic mass is 9.40. The minimum absolute atomic E-state index is 0.0934. The summed E-state index contributed by atoms with van der Waals surface area (Å²) in [5.41, 5.74) is -3.54. The molecule has 9 atom stereocenters. The highest BCUT2D eigenvalue weighted by Crippen LogP contribution is 2.80. The van der Waals surface area contributed by atoms with E-state index in [0.29, 0.717) is 22.7 Å². The Morgan fingerprint density at radius 3 is 2.71 bits per heavy atom. The van der Waals surface area contributed by atoms with Gasteiger partial charge in [0.25, 0.3) is 0 Å². The molecule has 42 heavy (non-hydrogen) atoms. The van der Waals surface area contributed by atoms with Crippen LogP contribution in [0.3, 0.4) is 0 Å². The number of benzene rings is 1. The Labute approximate surface area is 245 Å². The molecule has 6 aliphatic rings. The number of carbonyl (C=O) groups excluding carboxylic acids is 2. The molecule has 1 unspecified atom stereocenters. The van der Waals surface area contributed by atoms with Gasteiger partial charge >= 0.3 is 13.0 Å². The average molecular weight is 602 g/mol. The minimum Gasteiger partial charge on any atom is -0.482 e. The highest BCUT2D eigenvalue weighted by atomic mass is 32.2. The van der Waals surface area contributed by atoms with Crippen LogP contribution in [-0.4, -0.2) is 78.6 Å². The van der Waals surface area contributed by atoms with Gasteiger partial charge in [-0.05, 0) is 60.2 Å². The van der Waals surface area contributed by atoms with Gasteiger partial charge in [-0.3, -0.25) is 4.79 Å². The normalized spacial score (nSPS) is 41.8. The maximum atomic E-state index is 16.0. The molecule has 1 heterocycles. The monoisotopic (exact) mass is 602 g/mol. The van der Waals surface area contributed by atoms with Crippen LogP contribution in [0.4, 0.5) is 4.39 Å². The van der Waals surface area contributed by atoms with Crippen molar-refractivity contribution in [2.45, 2.75) is 64.3 Å². The number of aliphatic hydroxyl groups is 1. The predicted octanol–water partition coefficient (Wildman–Crippen LogP) is 1.58. The number of carbonyl (C=O) groups is 2. The van der Waals surface area contributed by atoms with Crippen LogP contribution in [0, 0.1) is 34.0 Å². The first-order chi connectivity index (χ1) is 19.5. The number of rotatable bonds is 6. The van der Waals surface area contributed by atoms with Gasteiger partial charge in [-0.1, -0.05) is 32.9 Å². The van der Waals surface area contributed by atoms with Crippen LogP contribution in [0.1, 0.15) is 52.0 Å². The van der Waals surface area contributed by atoms with E-state index in [1.165, 1.54) is 12.3 Å². The fourth-order valence-corrected chi connectivity index (χ4v) is 9.48. The van der Waals surface area contributed by atoms with Crippen molar-refractivity contribution >= 4 is 40.5 Å². The fraction of sp³-hybridized carbons (Fsp3) is 0.621. The second kappa shape index (κ2) is 9.12. The summed E-state index contributed by atoms with van der Waals surface area (Å²) in [5.74, 6) is -2.18. The summed E-state index contributed by atoms with van der Waals surface area (Å²) in [7, 11) is -5.39. The van der Waals surface area contributed by atoms with Crippen LogP contribution in [0.2, 0.25) is 0 Å². The number of ether oxygens (including phenoxy) is 2. The lowest BCUT2D eigenvalue weighted by molar-refractivity contribution is -0.227. The topological polar surface area (TPSA) is 143 Å². The lowest BCUT2D eigenvalue weighted by Crippen LogP contribution is -2.65. The van der Waals surface area contributed by atoms with E-state index in [0.717, 1.165) is 6.26 Å². The first-order valence-electron chi connectivity index (χ1n) is 14.2. The number of sulfonamides is 1. The van der Waals surface area contributed by atoms with Crippen molar-refractivity contribution in [2.75, 3.05) is 12.9 Å². The number of alkyl halides is 1. The van der Waals surface area contributed by atoms with Gasteiger partial charge in [-0.15, -0.1) is 6.58 Å². The molecule has 2 N–H and O–H groups in total. The van der Waals surface area contributed by atoms with Gasteiger partial charge in [-0.25, -0.2) is 21.9 Å². The summed E-state index contributed by atoms with van der Waals surface area (Å²) >= 11 is 0. The third-order valence-corrected chi connectivity index (χ3v) is 12.3. The van der Waals surface area contributed by atoms with E-state index in [9.17, 15) is 28.1 Å². The standard InChI is InChI=1S/C29H36BFN2O8S/c1-6-26(3)12-22(27(4)16(2)9-20-28(11-21(26)34)15-29(20,31)25(36)24(27)28)41-23(35)14-40-18-8-7-17-13-32-33(42(5,38)39)30(37)19(17)10-18/h6-8,10,13,16,20-22,24,34,37H,1,9,11-12,14-15H2,2-5H3/t16-,20+,21+,22?,24+,26-,27+,28-,29+/m1/s1. The molecule has 5 saturated carbocycles. The zero-order valence-electron chi connectivity index (χ0n) is 24.1.